The molecule has 0 unspecified atom stereocenters. The largest absolute Gasteiger partial charge is 0.238 e. The normalized spacial score (nSPS) is 10.9. The van der Waals surface area contributed by atoms with Crippen LogP contribution in [0.15, 0.2) is 66.1 Å². The zero-order chi connectivity index (χ0) is 13.6. The van der Waals surface area contributed by atoms with Crippen molar-refractivity contribution in [3.8, 4) is 11.2 Å². The molecule has 0 aliphatic rings. The van der Waals surface area contributed by atoms with Crippen LogP contribution in [-0.4, -0.2) is 8.42 Å². The Morgan fingerprint density at radius 1 is 0.842 bits per heavy atom. The van der Waals surface area contributed by atoms with E-state index >= 15 is 0 Å². The molecule has 2 nitrogen and oxygen atoms in total. The topological polar surface area (TPSA) is 34.1 Å². The Labute approximate surface area is 113 Å². The fourth-order valence-corrected chi connectivity index (χ4v) is 2.08. The highest BCUT2D eigenvalue weighted by Gasteiger charge is 1.98. The molecule has 0 amide bonds. The van der Waals surface area contributed by atoms with Gasteiger partial charge in [0.1, 0.15) is 0 Å². The van der Waals surface area contributed by atoms with Crippen LogP contribution in [-0.2, 0) is 9.84 Å². The van der Waals surface area contributed by atoms with E-state index in [-0.39, 0.29) is 0 Å². The number of hydrogen-bond acceptors (Lipinski definition) is 2. The van der Waals surface area contributed by atoms with Gasteiger partial charge in [0.2, 0.25) is 9.84 Å². The van der Waals surface area contributed by atoms with E-state index in [0.29, 0.717) is 5.56 Å². The molecule has 19 heavy (non-hydrogen) atoms. The van der Waals surface area contributed by atoms with Gasteiger partial charge in [0.15, 0.2) is 0 Å². The van der Waals surface area contributed by atoms with Crippen LogP contribution >= 0.6 is 0 Å². The summed E-state index contributed by atoms with van der Waals surface area (Å²) in [5.74, 6) is 2.63. The summed E-state index contributed by atoms with van der Waals surface area (Å²) >= 11 is 0. The molecule has 0 saturated heterocycles. The zero-order valence-corrected chi connectivity index (χ0v) is 11.0. The van der Waals surface area contributed by atoms with Crippen molar-refractivity contribution in [1.29, 1.82) is 0 Å². The first-order valence-corrected chi connectivity index (χ1v) is 7.26. The fraction of sp³-hybridized carbons (Fsp3) is 0. The monoisotopic (exact) mass is 268 g/mol. The fourth-order valence-electron chi connectivity index (χ4n) is 1.42. The molecule has 0 spiro atoms. The lowest BCUT2D eigenvalue weighted by Gasteiger charge is -1.90. The van der Waals surface area contributed by atoms with Gasteiger partial charge in [-0.05, 0) is 29.7 Å². The Morgan fingerprint density at radius 2 is 1.42 bits per heavy atom. The lowest BCUT2D eigenvalue weighted by molar-refractivity contribution is 0.614. The van der Waals surface area contributed by atoms with Gasteiger partial charge in [-0.1, -0.05) is 48.5 Å². The molecule has 2 aromatic carbocycles. The molecule has 0 saturated carbocycles. The van der Waals surface area contributed by atoms with Crippen LogP contribution in [0, 0.1) is 11.2 Å². The Kier molecular flexibility index (Phi) is 4.17. The second-order valence-corrected chi connectivity index (χ2v) is 5.42. The molecular weight excluding hydrogens is 256 g/mol. The van der Waals surface area contributed by atoms with Crippen LogP contribution in [0.3, 0.4) is 0 Å². The van der Waals surface area contributed by atoms with Gasteiger partial charge in [-0.2, -0.15) is 0 Å². The molecule has 3 heteroatoms. The molecule has 0 aromatic heterocycles. The molecule has 0 aliphatic carbocycles. The summed E-state index contributed by atoms with van der Waals surface area (Å²) in [5.41, 5.74) is 1.51. The summed E-state index contributed by atoms with van der Waals surface area (Å²) in [6, 6.07) is 18.3. The van der Waals surface area contributed by atoms with Gasteiger partial charge in [0, 0.05) is 16.2 Å². The van der Waals surface area contributed by atoms with Crippen molar-refractivity contribution in [2.45, 2.75) is 0 Å². The SMILES string of the molecule is O=S(=O)(C#Cc1ccccc1)/C=C/c1ccccc1. The Morgan fingerprint density at radius 3 is 2.05 bits per heavy atom. The summed E-state index contributed by atoms with van der Waals surface area (Å²) in [6.07, 6.45) is 1.54. The summed E-state index contributed by atoms with van der Waals surface area (Å²) in [5, 5.41) is 3.40. The minimum atomic E-state index is -3.52. The molecule has 2 rings (SSSR count). The third-order valence-electron chi connectivity index (χ3n) is 2.35. The Balaban J connectivity index is 2.17. The summed E-state index contributed by atoms with van der Waals surface area (Å²) in [4.78, 5) is 0. The van der Waals surface area contributed by atoms with Crippen LogP contribution in [0.25, 0.3) is 6.08 Å². The van der Waals surface area contributed by atoms with E-state index in [2.05, 4.69) is 11.2 Å². The van der Waals surface area contributed by atoms with Crippen LogP contribution in [0.1, 0.15) is 11.1 Å². The molecule has 0 N–H and O–H groups in total. The highest BCUT2D eigenvalue weighted by molar-refractivity contribution is 7.98. The van der Waals surface area contributed by atoms with Gasteiger partial charge < -0.3 is 0 Å². The van der Waals surface area contributed by atoms with Crippen molar-refractivity contribution in [1.82, 2.24) is 0 Å². The van der Waals surface area contributed by atoms with E-state index in [9.17, 15) is 8.42 Å². The maximum absolute atomic E-state index is 11.7. The number of rotatable bonds is 2. The second kappa shape index (κ2) is 6.03. The highest BCUT2D eigenvalue weighted by Crippen LogP contribution is 2.04. The van der Waals surface area contributed by atoms with Gasteiger partial charge >= 0.3 is 0 Å². The summed E-state index contributed by atoms with van der Waals surface area (Å²) < 4.78 is 23.4. The predicted molar refractivity (Wildman–Crippen MR) is 77.7 cm³/mol. The highest BCUT2D eigenvalue weighted by atomic mass is 32.2. The van der Waals surface area contributed by atoms with Crippen LogP contribution in [0.5, 0.6) is 0 Å². The predicted octanol–water partition coefficient (Wildman–Crippen LogP) is 3.08. The average Bonchev–Trinajstić information content (AvgIpc) is 2.46. The summed E-state index contributed by atoms with van der Waals surface area (Å²) in [6.45, 7) is 0. The van der Waals surface area contributed by atoms with Gasteiger partial charge in [-0.3, -0.25) is 0 Å². The first kappa shape index (κ1) is 13.1. The van der Waals surface area contributed by atoms with Gasteiger partial charge in [0.25, 0.3) is 0 Å². The van der Waals surface area contributed by atoms with Gasteiger partial charge in [-0.25, -0.2) is 8.42 Å². The first-order chi connectivity index (χ1) is 9.16. The minimum absolute atomic E-state index is 0.680. The minimum Gasteiger partial charge on any atom is -0.211 e. The van der Waals surface area contributed by atoms with E-state index in [1.54, 1.807) is 12.1 Å². The van der Waals surface area contributed by atoms with E-state index in [0.717, 1.165) is 11.0 Å². The zero-order valence-electron chi connectivity index (χ0n) is 10.2. The quantitative estimate of drug-likeness (QED) is 0.784. The van der Waals surface area contributed by atoms with Crippen molar-refractivity contribution in [2.75, 3.05) is 0 Å². The third kappa shape index (κ3) is 4.46. The standard InChI is InChI=1S/C16H12O2S/c17-19(18,13-11-15-7-3-1-4-8-15)14-12-16-9-5-2-6-10-16/h1-11,13H/b13-11+. The van der Waals surface area contributed by atoms with Crippen molar-refractivity contribution in [2.24, 2.45) is 0 Å². The second-order valence-electron chi connectivity index (χ2n) is 3.85. The van der Waals surface area contributed by atoms with E-state index < -0.39 is 9.84 Å². The molecular formula is C16H12O2S. The number of sulfone groups is 1. The van der Waals surface area contributed by atoms with Crippen molar-refractivity contribution >= 4 is 15.9 Å². The first-order valence-electron chi connectivity index (χ1n) is 5.72. The lowest BCUT2D eigenvalue weighted by Crippen LogP contribution is -1.89. The molecule has 0 fully saturated rings. The molecule has 0 bridgehead atoms. The molecule has 0 aliphatic heterocycles. The van der Waals surface area contributed by atoms with E-state index in [1.807, 2.05) is 48.5 Å². The molecule has 0 radical (unpaired) electrons. The number of hydrogen-bond donors (Lipinski definition) is 0. The molecule has 94 valence electrons. The molecule has 2 aromatic rings. The lowest BCUT2D eigenvalue weighted by atomic mass is 10.2. The maximum Gasteiger partial charge on any atom is 0.238 e. The van der Waals surface area contributed by atoms with E-state index in [4.69, 9.17) is 0 Å². The van der Waals surface area contributed by atoms with Crippen molar-refractivity contribution < 1.29 is 8.42 Å². The Bertz CT molecular complexity index is 719. The Hall–Kier alpha value is -2.31. The third-order valence-corrected chi connectivity index (χ3v) is 3.23. The van der Waals surface area contributed by atoms with Crippen LogP contribution in [0.4, 0.5) is 0 Å². The maximum atomic E-state index is 11.7. The smallest absolute Gasteiger partial charge is 0.211 e. The summed E-state index contributed by atoms with van der Waals surface area (Å²) in [7, 11) is -3.52. The number of benzene rings is 2. The molecule has 0 atom stereocenters. The van der Waals surface area contributed by atoms with Crippen molar-refractivity contribution in [3.05, 3.63) is 77.2 Å². The van der Waals surface area contributed by atoms with Crippen LogP contribution < -0.4 is 0 Å². The van der Waals surface area contributed by atoms with Crippen LogP contribution in [0.2, 0.25) is 0 Å². The van der Waals surface area contributed by atoms with Gasteiger partial charge in [0.05, 0.1) is 0 Å². The molecule has 0 heterocycles. The van der Waals surface area contributed by atoms with E-state index in [1.165, 1.54) is 6.08 Å². The van der Waals surface area contributed by atoms with Gasteiger partial charge in [-0.15, -0.1) is 0 Å². The van der Waals surface area contributed by atoms with Crippen molar-refractivity contribution in [3.63, 3.8) is 0 Å². The average molecular weight is 268 g/mol.